The third-order valence-electron chi connectivity index (χ3n) is 3.03. The van der Waals surface area contributed by atoms with Crippen LogP contribution in [-0.4, -0.2) is 64.1 Å². The number of nitrogens with one attached hydrogen (secondary N) is 1. The van der Waals surface area contributed by atoms with Crippen LogP contribution >= 0.6 is 0 Å². The number of carbonyl (C=O) groups is 1. The van der Waals surface area contributed by atoms with Gasteiger partial charge in [-0.15, -0.1) is 5.10 Å². The van der Waals surface area contributed by atoms with Crippen LogP contribution in [-0.2, 0) is 0 Å². The average Bonchev–Trinajstić information content (AvgIpc) is 2.78. The summed E-state index contributed by atoms with van der Waals surface area (Å²) in [5.41, 5.74) is 0. The molecule has 0 atom stereocenters. The van der Waals surface area contributed by atoms with Crippen LogP contribution in [0, 0.1) is 0 Å². The van der Waals surface area contributed by atoms with Gasteiger partial charge in [-0.25, -0.2) is 4.98 Å². The first-order valence-corrected chi connectivity index (χ1v) is 5.98. The van der Waals surface area contributed by atoms with Gasteiger partial charge in [0.05, 0.1) is 0 Å². The fraction of sp³-hybridized carbons (Fsp3) is 0.727. The number of amides is 1. The number of hydrogen-bond acceptors (Lipinski definition) is 4. The number of hydrogen-bond donors (Lipinski definition) is 1. The summed E-state index contributed by atoms with van der Waals surface area (Å²) < 4.78 is 0. The Kier molecular flexibility index (Phi) is 3.42. The van der Waals surface area contributed by atoms with E-state index >= 15 is 0 Å². The molecule has 1 N–H and O–H groups in total. The summed E-state index contributed by atoms with van der Waals surface area (Å²) in [5, 5.41) is 6.81. The van der Waals surface area contributed by atoms with E-state index in [9.17, 15) is 4.79 Å². The van der Waals surface area contributed by atoms with Gasteiger partial charge in [-0.2, -0.15) is 0 Å². The second-order valence-electron chi connectivity index (χ2n) is 4.79. The first kappa shape index (κ1) is 12.0. The molecule has 1 saturated heterocycles. The van der Waals surface area contributed by atoms with Gasteiger partial charge in [-0.3, -0.25) is 9.89 Å². The molecule has 1 aromatic heterocycles. The molecule has 2 rings (SSSR count). The number of carbonyl (C=O) groups excluding carboxylic acids is 1. The molecule has 0 saturated carbocycles. The van der Waals surface area contributed by atoms with E-state index in [2.05, 4.69) is 27.1 Å². The highest BCUT2D eigenvalue weighted by molar-refractivity contribution is 5.90. The number of H-pyrrole nitrogens is 1. The van der Waals surface area contributed by atoms with E-state index < -0.39 is 0 Å². The van der Waals surface area contributed by atoms with Crippen molar-refractivity contribution < 1.29 is 4.79 Å². The SMILES string of the molecule is CC(C)c1nc(C(=O)N2CCN(C)CC2)n[nH]1. The van der Waals surface area contributed by atoms with Gasteiger partial charge in [0.1, 0.15) is 5.82 Å². The standard InChI is InChI=1S/C11H19N5O/c1-8(2)9-12-10(14-13-9)11(17)16-6-4-15(3)5-7-16/h8H,4-7H2,1-3H3,(H,12,13,14). The molecule has 94 valence electrons. The Bertz CT molecular complexity index is 392. The Labute approximate surface area is 101 Å². The van der Waals surface area contributed by atoms with Crippen molar-refractivity contribution >= 4 is 5.91 Å². The molecule has 6 nitrogen and oxygen atoms in total. The monoisotopic (exact) mass is 237 g/mol. The smallest absolute Gasteiger partial charge is 0.293 e. The van der Waals surface area contributed by atoms with E-state index in [1.165, 1.54) is 0 Å². The number of piperazine rings is 1. The van der Waals surface area contributed by atoms with Crippen LogP contribution in [0.25, 0.3) is 0 Å². The Balaban J connectivity index is 2.03. The van der Waals surface area contributed by atoms with Crippen LogP contribution in [0.15, 0.2) is 0 Å². The maximum absolute atomic E-state index is 12.1. The van der Waals surface area contributed by atoms with E-state index in [-0.39, 0.29) is 11.8 Å². The molecule has 17 heavy (non-hydrogen) atoms. The number of rotatable bonds is 2. The molecule has 0 unspecified atom stereocenters. The van der Waals surface area contributed by atoms with E-state index in [4.69, 9.17) is 0 Å². The van der Waals surface area contributed by atoms with Gasteiger partial charge in [0.15, 0.2) is 0 Å². The summed E-state index contributed by atoms with van der Waals surface area (Å²) in [5.74, 6) is 1.25. The van der Waals surface area contributed by atoms with Gasteiger partial charge >= 0.3 is 0 Å². The van der Waals surface area contributed by atoms with E-state index in [1.807, 2.05) is 18.7 Å². The minimum Gasteiger partial charge on any atom is -0.333 e. The summed E-state index contributed by atoms with van der Waals surface area (Å²) in [6, 6.07) is 0. The number of likely N-dealkylation sites (N-methyl/N-ethyl adjacent to an activating group) is 1. The van der Waals surface area contributed by atoms with Crippen LogP contribution in [0.2, 0.25) is 0 Å². The summed E-state index contributed by atoms with van der Waals surface area (Å²) >= 11 is 0. The molecule has 2 heterocycles. The third kappa shape index (κ3) is 2.63. The predicted octanol–water partition coefficient (Wildman–Crippen LogP) is 0.316. The van der Waals surface area contributed by atoms with Gasteiger partial charge in [0, 0.05) is 32.1 Å². The second-order valence-corrected chi connectivity index (χ2v) is 4.79. The molecule has 0 aromatic carbocycles. The van der Waals surface area contributed by atoms with Crippen molar-refractivity contribution in [3.05, 3.63) is 11.6 Å². The fourth-order valence-electron chi connectivity index (χ4n) is 1.78. The van der Waals surface area contributed by atoms with E-state index in [0.717, 1.165) is 32.0 Å². The first-order chi connectivity index (χ1) is 8.08. The van der Waals surface area contributed by atoms with Gasteiger partial charge in [0.2, 0.25) is 5.82 Å². The number of aromatic amines is 1. The van der Waals surface area contributed by atoms with Crippen molar-refractivity contribution in [2.75, 3.05) is 33.2 Å². The quantitative estimate of drug-likeness (QED) is 0.804. The predicted molar refractivity (Wildman–Crippen MR) is 63.9 cm³/mol. The highest BCUT2D eigenvalue weighted by Crippen LogP contribution is 2.10. The average molecular weight is 237 g/mol. The van der Waals surface area contributed by atoms with Crippen molar-refractivity contribution in [2.24, 2.45) is 0 Å². The van der Waals surface area contributed by atoms with Crippen LogP contribution in [0.5, 0.6) is 0 Å². The maximum atomic E-state index is 12.1. The van der Waals surface area contributed by atoms with Crippen molar-refractivity contribution in [3.8, 4) is 0 Å². The topological polar surface area (TPSA) is 65.1 Å². The molecule has 0 radical (unpaired) electrons. The minimum absolute atomic E-state index is 0.0683. The maximum Gasteiger partial charge on any atom is 0.293 e. The first-order valence-electron chi connectivity index (χ1n) is 5.98. The van der Waals surface area contributed by atoms with E-state index in [0.29, 0.717) is 5.82 Å². The molecule has 0 spiro atoms. The molecular weight excluding hydrogens is 218 g/mol. The summed E-state index contributed by atoms with van der Waals surface area (Å²) in [6.07, 6.45) is 0. The van der Waals surface area contributed by atoms with Gasteiger partial charge in [0.25, 0.3) is 5.91 Å². The zero-order chi connectivity index (χ0) is 12.4. The summed E-state index contributed by atoms with van der Waals surface area (Å²) in [4.78, 5) is 20.4. The lowest BCUT2D eigenvalue weighted by molar-refractivity contribution is 0.0652. The zero-order valence-electron chi connectivity index (χ0n) is 10.6. The molecule has 1 fully saturated rings. The third-order valence-corrected chi connectivity index (χ3v) is 3.03. The van der Waals surface area contributed by atoms with Crippen molar-refractivity contribution in [1.82, 2.24) is 25.0 Å². The molecule has 1 amide bonds. The number of nitrogens with zero attached hydrogens (tertiary/aromatic N) is 4. The minimum atomic E-state index is -0.0683. The molecule has 1 aromatic rings. The van der Waals surface area contributed by atoms with Gasteiger partial charge in [-0.05, 0) is 7.05 Å². The van der Waals surface area contributed by atoms with E-state index in [1.54, 1.807) is 0 Å². The van der Waals surface area contributed by atoms with Crippen LogP contribution in [0.1, 0.15) is 36.2 Å². The molecule has 0 aliphatic carbocycles. The van der Waals surface area contributed by atoms with Crippen molar-refractivity contribution in [2.45, 2.75) is 19.8 Å². The highest BCUT2D eigenvalue weighted by atomic mass is 16.2. The number of aromatic nitrogens is 3. The van der Waals surface area contributed by atoms with Crippen LogP contribution in [0.4, 0.5) is 0 Å². The Hall–Kier alpha value is -1.43. The highest BCUT2D eigenvalue weighted by Gasteiger charge is 2.23. The fourth-order valence-corrected chi connectivity index (χ4v) is 1.78. The Morgan fingerprint density at radius 1 is 1.29 bits per heavy atom. The lowest BCUT2D eigenvalue weighted by Crippen LogP contribution is -2.47. The Morgan fingerprint density at radius 3 is 2.47 bits per heavy atom. The Morgan fingerprint density at radius 2 is 1.94 bits per heavy atom. The van der Waals surface area contributed by atoms with Gasteiger partial charge < -0.3 is 9.80 Å². The normalized spacial score (nSPS) is 17.8. The summed E-state index contributed by atoms with van der Waals surface area (Å²) in [7, 11) is 2.06. The van der Waals surface area contributed by atoms with Crippen molar-refractivity contribution in [3.63, 3.8) is 0 Å². The van der Waals surface area contributed by atoms with Crippen LogP contribution in [0.3, 0.4) is 0 Å². The molecule has 1 aliphatic heterocycles. The van der Waals surface area contributed by atoms with Crippen molar-refractivity contribution in [1.29, 1.82) is 0 Å². The molecule has 0 bridgehead atoms. The largest absolute Gasteiger partial charge is 0.333 e. The lowest BCUT2D eigenvalue weighted by Gasteiger charge is -2.31. The van der Waals surface area contributed by atoms with Gasteiger partial charge in [-0.1, -0.05) is 13.8 Å². The lowest BCUT2D eigenvalue weighted by atomic mass is 10.2. The zero-order valence-corrected chi connectivity index (χ0v) is 10.6. The second kappa shape index (κ2) is 4.83. The molecular formula is C11H19N5O. The molecule has 6 heteroatoms. The molecule has 1 aliphatic rings. The van der Waals surface area contributed by atoms with Crippen LogP contribution < -0.4 is 0 Å². The summed E-state index contributed by atoms with van der Waals surface area (Å²) in [6.45, 7) is 7.36.